The molecular formula is C10H11FINO2. The van der Waals surface area contributed by atoms with Crippen LogP contribution in [0.15, 0.2) is 12.1 Å². The van der Waals surface area contributed by atoms with Crippen molar-refractivity contribution in [2.75, 3.05) is 11.9 Å². The molecule has 3 nitrogen and oxygen atoms in total. The molecule has 0 radical (unpaired) electrons. The molecule has 1 amide bonds. The number of anilines is 1. The maximum atomic E-state index is 13.4. The van der Waals surface area contributed by atoms with Gasteiger partial charge in [0.25, 0.3) is 0 Å². The molecule has 1 aromatic carbocycles. The van der Waals surface area contributed by atoms with E-state index >= 15 is 0 Å². The van der Waals surface area contributed by atoms with Gasteiger partial charge in [0, 0.05) is 3.57 Å². The molecule has 0 unspecified atom stereocenters. The van der Waals surface area contributed by atoms with Gasteiger partial charge in [-0.05, 0) is 48.1 Å². The predicted molar refractivity (Wildman–Crippen MR) is 64.5 cm³/mol. The van der Waals surface area contributed by atoms with E-state index in [-0.39, 0.29) is 12.3 Å². The van der Waals surface area contributed by atoms with Crippen LogP contribution in [0.2, 0.25) is 0 Å². The fourth-order valence-corrected chi connectivity index (χ4v) is 1.61. The van der Waals surface area contributed by atoms with Gasteiger partial charge in [0.1, 0.15) is 5.82 Å². The van der Waals surface area contributed by atoms with Crippen LogP contribution >= 0.6 is 22.6 Å². The molecule has 1 aromatic rings. The maximum absolute atomic E-state index is 13.4. The number of rotatable bonds is 2. The standard InChI is InChI=1S/C10H11FINO2/c1-3-15-10(14)13-9-7(11)5-4-6(2)8(9)12/h4-5H,3H2,1-2H3,(H,13,14). The predicted octanol–water partition coefficient (Wildman–Crippen LogP) is 3.31. The van der Waals surface area contributed by atoms with E-state index in [0.29, 0.717) is 3.57 Å². The lowest BCUT2D eigenvalue weighted by Gasteiger charge is -2.09. The first-order valence-corrected chi connectivity index (χ1v) is 5.52. The molecule has 0 spiro atoms. The second kappa shape index (κ2) is 5.29. The first-order valence-electron chi connectivity index (χ1n) is 4.44. The Kier molecular flexibility index (Phi) is 4.31. The van der Waals surface area contributed by atoms with Crippen LogP contribution in [-0.2, 0) is 4.74 Å². The monoisotopic (exact) mass is 323 g/mol. The Labute approximate surface area is 101 Å². The summed E-state index contributed by atoms with van der Waals surface area (Å²) in [5, 5.41) is 2.38. The molecule has 1 rings (SSSR count). The quantitative estimate of drug-likeness (QED) is 0.848. The van der Waals surface area contributed by atoms with Crippen molar-refractivity contribution >= 4 is 34.4 Å². The minimum atomic E-state index is -0.639. The summed E-state index contributed by atoms with van der Waals surface area (Å²) in [6.45, 7) is 3.80. The molecule has 0 aliphatic heterocycles. The Bertz CT molecular complexity index is 382. The summed E-state index contributed by atoms with van der Waals surface area (Å²) in [5.74, 6) is -0.460. The van der Waals surface area contributed by atoms with E-state index in [9.17, 15) is 9.18 Å². The second-order valence-corrected chi connectivity index (χ2v) is 3.98. The molecule has 0 bridgehead atoms. The van der Waals surface area contributed by atoms with E-state index in [1.807, 2.05) is 29.5 Å². The highest BCUT2D eigenvalue weighted by atomic mass is 127. The average Bonchev–Trinajstić information content (AvgIpc) is 2.19. The van der Waals surface area contributed by atoms with Crippen LogP contribution in [0.25, 0.3) is 0 Å². The molecular weight excluding hydrogens is 312 g/mol. The number of aryl methyl sites for hydroxylation is 1. The first kappa shape index (κ1) is 12.2. The van der Waals surface area contributed by atoms with E-state index in [0.717, 1.165) is 5.56 Å². The molecule has 1 N–H and O–H groups in total. The van der Waals surface area contributed by atoms with Gasteiger partial charge in [-0.3, -0.25) is 5.32 Å². The number of hydrogen-bond acceptors (Lipinski definition) is 2. The van der Waals surface area contributed by atoms with E-state index < -0.39 is 11.9 Å². The van der Waals surface area contributed by atoms with Crippen molar-refractivity contribution in [3.05, 3.63) is 27.1 Å². The number of hydrogen-bond donors (Lipinski definition) is 1. The van der Waals surface area contributed by atoms with E-state index in [4.69, 9.17) is 0 Å². The van der Waals surface area contributed by atoms with Crippen molar-refractivity contribution in [3.8, 4) is 0 Å². The third kappa shape index (κ3) is 3.05. The topological polar surface area (TPSA) is 38.3 Å². The van der Waals surface area contributed by atoms with Gasteiger partial charge in [0.05, 0.1) is 12.3 Å². The Morgan fingerprint density at radius 1 is 1.60 bits per heavy atom. The van der Waals surface area contributed by atoms with Crippen LogP contribution in [0.4, 0.5) is 14.9 Å². The maximum Gasteiger partial charge on any atom is 0.411 e. The van der Waals surface area contributed by atoms with Gasteiger partial charge < -0.3 is 4.74 Å². The third-order valence-electron chi connectivity index (χ3n) is 1.79. The summed E-state index contributed by atoms with van der Waals surface area (Å²) in [7, 11) is 0. The van der Waals surface area contributed by atoms with Gasteiger partial charge >= 0.3 is 6.09 Å². The lowest BCUT2D eigenvalue weighted by molar-refractivity contribution is 0.167. The smallest absolute Gasteiger partial charge is 0.411 e. The van der Waals surface area contributed by atoms with Gasteiger partial charge in [0.15, 0.2) is 0 Å². The molecule has 0 aliphatic rings. The van der Waals surface area contributed by atoms with E-state index in [2.05, 4.69) is 10.1 Å². The van der Waals surface area contributed by atoms with Gasteiger partial charge in [-0.2, -0.15) is 0 Å². The Balaban J connectivity index is 2.93. The number of benzene rings is 1. The lowest BCUT2D eigenvalue weighted by Crippen LogP contribution is -2.15. The summed E-state index contributed by atoms with van der Waals surface area (Å²) in [6, 6.07) is 2.98. The summed E-state index contributed by atoms with van der Waals surface area (Å²) < 4.78 is 18.7. The van der Waals surface area contributed by atoms with Crippen molar-refractivity contribution < 1.29 is 13.9 Å². The molecule has 0 atom stereocenters. The van der Waals surface area contributed by atoms with Crippen LogP contribution < -0.4 is 5.32 Å². The zero-order chi connectivity index (χ0) is 11.4. The molecule has 0 heterocycles. The van der Waals surface area contributed by atoms with E-state index in [1.54, 1.807) is 13.0 Å². The molecule has 82 valence electrons. The fourth-order valence-electron chi connectivity index (χ4n) is 1.04. The molecule has 5 heteroatoms. The zero-order valence-corrected chi connectivity index (χ0v) is 10.6. The molecule has 0 saturated carbocycles. The highest BCUT2D eigenvalue weighted by Crippen LogP contribution is 2.25. The number of ether oxygens (including phenoxy) is 1. The summed E-state index contributed by atoms with van der Waals surface area (Å²) in [4.78, 5) is 11.1. The zero-order valence-electron chi connectivity index (χ0n) is 8.43. The number of halogens is 2. The minimum absolute atomic E-state index is 0.175. The molecule has 15 heavy (non-hydrogen) atoms. The lowest BCUT2D eigenvalue weighted by atomic mass is 10.2. The molecule has 0 saturated heterocycles. The minimum Gasteiger partial charge on any atom is -0.450 e. The Morgan fingerprint density at radius 2 is 2.27 bits per heavy atom. The van der Waals surface area contributed by atoms with E-state index in [1.165, 1.54) is 6.07 Å². The third-order valence-corrected chi connectivity index (χ3v) is 3.18. The summed E-state index contributed by atoms with van der Waals surface area (Å²) in [6.07, 6.45) is -0.639. The van der Waals surface area contributed by atoms with Crippen molar-refractivity contribution in [1.82, 2.24) is 0 Å². The van der Waals surface area contributed by atoms with Crippen molar-refractivity contribution in [3.63, 3.8) is 0 Å². The molecule has 0 aliphatic carbocycles. The first-order chi connectivity index (χ1) is 7.06. The SMILES string of the molecule is CCOC(=O)Nc1c(F)ccc(C)c1I. The summed E-state index contributed by atoms with van der Waals surface area (Å²) in [5.41, 5.74) is 1.08. The van der Waals surface area contributed by atoms with Crippen LogP contribution in [0.3, 0.4) is 0 Å². The number of carbonyl (C=O) groups excluding carboxylic acids is 1. The summed E-state index contributed by atoms with van der Waals surface area (Å²) >= 11 is 1.98. The van der Waals surface area contributed by atoms with Crippen molar-refractivity contribution in [2.24, 2.45) is 0 Å². The van der Waals surface area contributed by atoms with Crippen LogP contribution in [0.1, 0.15) is 12.5 Å². The number of carbonyl (C=O) groups is 1. The van der Waals surface area contributed by atoms with Crippen LogP contribution in [-0.4, -0.2) is 12.7 Å². The highest BCUT2D eigenvalue weighted by Gasteiger charge is 2.12. The van der Waals surface area contributed by atoms with Gasteiger partial charge in [-0.1, -0.05) is 6.07 Å². The van der Waals surface area contributed by atoms with Gasteiger partial charge in [-0.25, -0.2) is 9.18 Å². The largest absolute Gasteiger partial charge is 0.450 e. The Hall–Kier alpha value is -0.850. The number of amides is 1. The Morgan fingerprint density at radius 3 is 2.87 bits per heavy atom. The number of nitrogens with one attached hydrogen (secondary N) is 1. The molecule has 0 fully saturated rings. The van der Waals surface area contributed by atoms with Gasteiger partial charge in [-0.15, -0.1) is 0 Å². The highest BCUT2D eigenvalue weighted by molar-refractivity contribution is 14.1. The normalized spacial score (nSPS) is 9.87. The van der Waals surface area contributed by atoms with Crippen molar-refractivity contribution in [1.29, 1.82) is 0 Å². The van der Waals surface area contributed by atoms with Crippen molar-refractivity contribution in [2.45, 2.75) is 13.8 Å². The average molecular weight is 323 g/mol. The van der Waals surface area contributed by atoms with Crippen LogP contribution in [0, 0.1) is 16.3 Å². The van der Waals surface area contributed by atoms with Gasteiger partial charge in [0.2, 0.25) is 0 Å². The fraction of sp³-hybridized carbons (Fsp3) is 0.300. The molecule has 0 aromatic heterocycles. The van der Waals surface area contributed by atoms with Crippen LogP contribution in [0.5, 0.6) is 0 Å². The second-order valence-electron chi connectivity index (χ2n) is 2.90.